The van der Waals surface area contributed by atoms with Crippen LogP contribution in [0.1, 0.15) is 35.1 Å². The molecule has 1 spiro atoms. The molecule has 1 fully saturated rings. The van der Waals surface area contributed by atoms with E-state index in [0.29, 0.717) is 38.2 Å². The minimum absolute atomic E-state index is 0.245. The molecule has 230 valence electrons. The topological polar surface area (TPSA) is 115 Å². The van der Waals surface area contributed by atoms with Gasteiger partial charge in [0.15, 0.2) is 0 Å². The third-order valence-corrected chi connectivity index (χ3v) is 10.3. The number of benzene rings is 3. The van der Waals surface area contributed by atoms with E-state index in [4.69, 9.17) is 0 Å². The summed E-state index contributed by atoms with van der Waals surface area (Å²) in [6.07, 6.45) is 4.47. The number of anilines is 1. The second-order valence-corrected chi connectivity index (χ2v) is 14.1. The summed E-state index contributed by atoms with van der Waals surface area (Å²) in [5, 5.41) is 7.42. The van der Waals surface area contributed by atoms with Crippen molar-refractivity contribution in [3.05, 3.63) is 101 Å². The van der Waals surface area contributed by atoms with Crippen LogP contribution in [-0.4, -0.2) is 68.6 Å². The largest absolute Gasteiger partial charge is 0.361 e. The van der Waals surface area contributed by atoms with Gasteiger partial charge in [-0.25, -0.2) is 8.42 Å². The lowest BCUT2D eigenvalue weighted by atomic mass is 9.69. The highest BCUT2D eigenvalue weighted by molar-refractivity contribution is 7.92. The number of aromatic amines is 1. The molecule has 1 unspecified atom stereocenters. The molecule has 0 radical (unpaired) electrons. The van der Waals surface area contributed by atoms with Crippen LogP contribution in [0.5, 0.6) is 0 Å². The maximum Gasteiger partial charge on any atom is 0.245 e. The van der Waals surface area contributed by atoms with E-state index < -0.39 is 33.4 Å². The normalized spacial score (nSPS) is 18.2. The van der Waals surface area contributed by atoms with Crippen molar-refractivity contribution < 1.29 is 18.0 Å². The summed E-state index contributed by atoms with van der Waals surface area (Å²) in [7, 11) is -2.09. The Labute approximate surface area is 258 Å². The van der Waals surface area contributed by atoms with Crippen molar-refractivity contribution in [2.75, 3.05) is 30.7 Å². The van der Waals surface area contributed by atoms with Gasteiger partial charge in [-0.2, -0.15) is 0 Å². The van der Waals surface area contributed by atoms with E-state index in [1.165, 1.54) is 4.31 Å². The molecule has 2 atom stereocenters. The molecule has 3 aromatic carbocycles. The van der Waals surface area contributed by atoms with Gasteiger partial charge in [-0.3, -0.25) is 13.9 Å². The molecule has 4 aromatic rings. The molecular formula is C34H39N5O4S. The van der Waals surface area contributed by atoms with Gasteiger partial charge < -0.3 is 20.5 Å². The maximum atomic E-state index is 14.6. The Hall–Kier alpha value is -4.15. The van der Waals surface area contributed by atoms with Crippen LogP contribution in [0.3, 0.4) is 0 Å². The highest BCUT2D eigenvalue weighted by Gasteiger charge is 2.57. The molecule has 0 aliphatic carbocycles. The van der Waals surface area contributed by atoms with Crippen LogP contribution in [0.25, 0.3) is 10.9 Å². The molecule has 0 saturated carbocycles. The number of aryl methyl sites for hydroxylation is 1. The van der Waals surface area contributed by atoms with Crippen molar-refractivity contribution in [3.63, 3.8) is 0 Å². The number of H-pyrrole nitrogens is 1. The van der Waals surface area contributed by atoms with E-state index in [9.17, 15) is 18.0 Å². The van der Waals surface area contributed by atoms with E-state index in [1.807, 2.05) is 73.8 Å². The number of amides is 2. The van der Waals surface area contributed by atoms with E-state index in [1.54, 1.807) is 24.1 Å². The molecule has 3 N–H and O–H groups in total. The molecule has 1 saturated heterocycles. The van der Waals surface area contributed by atoms with Gasteiger partial charge in [0.1, 0.15) is 12.1 Å². The zero-order chi connectivity index (χ0) is 31.1. The van der Waals surface area contributed by atoms with Gasteiger partial charge in [0.25, 0.3) is 0 Å². The Balaban J connectivity index is 1.37. The predicted molar refractivity (Wildman–Crippen MR) is 173 cm³/mol. The Morgan fingerprint density at radius 1 is 1.05 bits per heavy atom. The monoisotopic (exact) mass is 613 g/mol. The number of sulfonamides is 1. The number of hydrogen-bond acceptors (Lipinski definition) is 5. The van der Waals surface area contributed by atoms with Crippen molar-refractivity contribution in [1.29, 1.82) is 0 Å². The fourth-order valence-corrected chi connectivity index (χ4v) is 8.34. The van der Waals surface area contributed by atoms with Crippen molar-refractivity contribution in [2.45, 2.75) is 50.2 Å². The Kier molecular flexibility index (Phi) is 7.98. The SMILES string of the molecule is Cc1cccc(CN(C)C(=O)[C@H](Cc2c[nH]c3ccccc23)NC(=O)C2N(S(C)(=O)=O)c3ccccc3C23CCNCC3)c1. The van der Waals surface area contributed by atoms with Crippen LogP contribution < -0.4 is 14.9 Å². The first kappa shape index (κ1) is 29.9. The van der Waals surface area contributed by atoms with Gasteiger partial charge in [-0.05, 0) is 61.7 Å². The van der Waals surface area contributed by atoms with E-state index in [-0.39, 0.29) is 12.3 Å². The average molecular weight is 614 g/mol. The number of nitrogens with one attached hydrogen (secondary N) is 3. The van der Waals surface area contributed by atoms with E-state index in [2.05, 4.69) is 15.6 Å². The third kappa shape index (κ3) is 5.48. The van der Waals surface area contributed by atoms with Gasteiger partial charge in [0.2, 0.25) is 21.8 Å². The molecular weight excluding hydrogens is 574 g/mol. The van der Waals surface area contributed by atoms with E-state index in [0.717, 1.165) is 39.4 Å². The minimum atomic E-state index is -3.83. The first-order valence-corrected chi connectivity index (χ1v) is 16.9. The number of rotatable bonds is 8. The second-order valence-electron chi connectivity index (χ2n) is 12.2. The summed E-state index contributed by atoms with van der Waals surface area (Å²) in [6, 6.07) is 21.3. The molecule has 9 nitrogen and oxygen atoms in total. The van der Waals surface area contributed by atoms with Crippen molar-refractivity contribution in [1.82, 2.24) is 20.5 Å². The number of fused-ring (bicyclic) bond motifs is 3. The summed E-state index contributed by atoms with van der Waals surface area (Å²) >= 11 is 0. The average Bonchev–Trinajstić information content (AvgIpc) is 3.54. The standard InChI is InChI=1S/C34H39N5O4S/c1-23-9-8-10-24(19-23)22-38(2)33(41)29(20-25-21-36-28-13-6-4-11-26(25)28)37-32(40)31-34(15-17-35-18-16-34)27-12-5-7-14-30(27)39(31)44(3,42)43/h4-14,19,21,29,31,35-36H,15-18,20,22H2,1-3H3,(H,37,40)/t29-,31?/m0/s1. The summed E-state index contributed by atoms with van der Waals surface area (Å²) in [4.78, 5) is 33.6. The number of carbonyl (C=O) groups excluding carboxylic acids is 2. The molecule has 2 amide bonds. The van der Waals surface area contributed by atoms with Crippen LogP contribution in [0.2, 0.25) is 0 Å². The van der Waals surface area contributed by atoms with Crippen LogP contribution in [0.4, 0.5) is 5.69 Å². The van der Waals surface area contributed by atoms with Gasteiger partial charge in [-0.1, -0.05) is 66.2 Å². The molecule has 1 aromatic heterocycles. The number of hydrogen-bond donors (Lipinski definition) is 3. The number of para-hydroxylation sites is 2. The lowest BCUT2D eigenvalue weighted by molar-refractivity contribution is -0.136. The highest BCUT2D eigenvalue weighted by atomic mass is 32.2. The summed E-state index contributed by atoms with van der Waals surface area (Å²) < 4.78 is 28.0. The van der Waals surface area contributed by atoms with Crippen LogP contribution in [-0.2, 0) is 38.0 Å². The fraction of sp³-hybridized carbons (Fsp3) is 0.353. The molecule has 0 bridgehead atoms. The molecule has 2 aliphatic rings. The van der Waals surface area contributed by atoms with Crippen LogP contribution in [0.15, 0.2) is 79.0 Å². The number of nitrogens with zero attached hydrogens (tertiary/aromatic N) is 2. The molecule has 44 heavy (non-hydrogen) atoms. The second kappa shape index (κ2) is 11.7. The minimum Gasteiger partial charge on any atom is -0.361 e. The van der Waals surface area contributed by atoms with Gasteiger partial charge in [0, 0.05) is 42.5 Å². The lowest BCUT2D eigenvalue weighted by Crippen LogP contribution is -2.61. The Morgan fingerprint density at radius 2 is 1.77 bits per heavy atom. The maximum absolute atomic E-state index is 14.6. The van der Waals surface area contributed by atoms with Gasteiger partial charge in [-0.15, -0.1) is 0 Å². The number of likely N-dealkylation sites (N-methyl/N-ethyl adjacent to an activating group) is 1. The molecule has 3 heterocycles. The zero-order valence-electron chi connectivity index (χ0n) is 25.3. The molecule has 2 aliphatic heterocycles. The fourth-order valence-electron chi connectivity index (χ4n) is 7.14. The predicted octanol–water partition coefficient (Wildman–Crippen LogP) is 3.63. The first-order chi connectivity index (χ1) is 21.1. The highest BCUT2D eigenvalue weighted by Crippen LogP contribution is 2.51. The quantitative estimate of drug-likeness (QED) is 0.281. The molecule has 10 heteroatoms. The molecule has 6 rings (SSSR count). The van der Waals surface area contributed by atoms with E-state index >= 15 is 0 Å². The number of piperidine rings is 1. The summed E-state index contributed by atoms with van der Waals surface area (Å²) in [6.45, 7) is 3.70. The van der Waals surface area contributed by atoms with Crippen LogP contribution in [0, 0.1) is 6.92 Å². The Bertz CT molecular complexity index is 1810. The van der Waals surface area contributed by atoms with Gasteiger partial charge in [0.05, 0.1) is 11.9 Å². The van der Waals surface area contributed by atoms with Crippen molar-refractivity contribution in [2.24, 2.45) is 0 Å². The number of aromatic nitrogens is 1. The summed E-state index contributed by atoms with van der Waals surface area (Å²) in [5.74, 6) is -0.707. The zero-order valence-corrected chi connectivity index (χ0v) is 26.2. The summed E-state index contributed by atoms with van der Waals surface area (Å²) in [5.41, 5.74) is 4.61. The van der Waals surface area contributed by atoms with Gasteiger partial charge >= 0.3 is 0 Å². The smallest absolute Gasteiger partial charge is 0.245 e. The van der Waals surface area contributed by atoms with Crippen molar-refractivity contribution >= 4 is 38.4 Å². The Morgan fingerprint density at radius 3 is 2.52 bits per heavy atom. The first-order valence-electron chi connectivity index (χ1n) is 15.0. The number of carbonyl (C=O) groups is 2. The van der Waals surface area contributed by atoms with Crippen LogP contribution >= 0.6 is 0 Å². The lowest BCUT2D eigenvalue weighted by Gasteiger charge is -2.41. The van der Waals surface area contributed by atoms with Crippen molar-refractivity contribution in [3.8, 4) is 0 Å². The third-order valence-electron chi connectivity index (χ3n) is 9.13.